The largest absolute Gasteiger partial charge is 0.444 e. The Labute approximate surface area is 122 Å². The Hall–Kier alpha value is -0.420. The summed E-state index contributed by atoms with van der Waals surface area (Å²) in [6.45, 7) is 11.3. The zero-order valence-electron chi connectivity index (χ0n) is 13.3. The lowest BCUT2D eigenvalue weighted by atomic mass is 10.1. The van der Waals surface area contributed by atoms with Crippen molar-refractivity contribution in [2.24, 2.45) is 0 Å². The maximum Gasteiger partial charge on any atom is 0.408 e. The molecule has 19 heavy (non-hydrogen) atoms. The van der Waals surface area contributed by atoms with Crippen LogP contribution in [0.1, 0.15) is 47.5 Å². The van der Waals surface area contributed by atoms with Crippen LogP contribution in [0.3, 0.4) is 0 Å². The molecule has 0 radical (unpaired) electrons. The average molecular weight is 290 g/mol. The Morgan fingerprint density at radius 1 is 1.16 bits per heavy atom. The van der Waals surface area contributed by atoms with Gasteiger partial charge in [-0.15, -0.1) is 0 Å². The summed E-state index contributed by atoms with van der Waals surface area (Å²) in [5.41, 5.74) is -0.757. The summed E-state index contributed by atoms with van der Waals surface area (Å²) in [5, 5.41) is 6.26. The summed E-state index contributed by atoms with van der Waals surface area (Å²) < 4.78 is 5.25. The van der Waals surface area contributed by atoms with E-state index in [1.54, 1.807) is 0 Å². The summed E-state index contributed by atoms with van der Waals surface area (Å²) in [5.74, 6) is 1.21. The minimum Gasteiger partial charge on any atom is -0.444 e. The van der Waals surface area contributed by atoms with Crippen molar-refractivity contribution >= 4 is 17.9 Å². The maximum absolute atomic E-state index is 11.7. The van der Waals surface area contributed by atoms with Gasteiger partial charge in [-0.1, -0.05) is 0 Å². The molecule has 0 bridgehead atoms. The first kappa shape index (κ1) is 18.6. The second-order valence-corrected chi connectivity index (χ2v) is 7.37. The van der Waals surface area contributed by atoms with Crippen LogP contribution in [-0.2, 0) is 4.74 Å². The number of rotatable bonds is 8. The zero-order chi connectivity index (χ0) is 14.9. The van der Waals surface area contributed by atoms with Crippen LogP contribution in [0.5, 0.6) is 0 Å². The highest BCUT2D eigenvalue weighted by atomic mass is 32.2. The standard InChI is InChI=1S/C14H30N2O2S/c1-13(2,3)18-12(17)16-14(4,5)11-15-9-7-8-10-19-6/h15H,7-11H2,1-6H3,(H,16,17). The molecule has 0 saturated carbocycles. The van der Waals surface area contributed by atoms with Crippen molar-refractivity contribution in [2.75, 3.05) is 25.1 Å². The highest BCUT2D eigenvalue weighted by molar-refractivity contribution is 7.98. The lowest BCUT2D eigenvalue weighted by molar-refractivity contribution is 0.0472. The lowest BCUT2D eigenvalue weighted by Crippen LogP contribution is -2.51. The first-order valence-corrected chi connectivity index (χ1v) is 8.26. The Bertz CT molecular complexity index is 263. The second-order valence-electron chi connectivity index (χ2n) is 6.39. The SMILES string of the molecule is CSCCCCNCC(C)(C)NC(=O)OC(C)(C)C. The lowest BCUT2D eigenvalue weighted by Gasteiger charge is -2.29. The van der Waals surface area contributed by atoms with Crippen molar-refractivity contribution in [3.8, 4) is 0 Å². The molecule has 0 spiro atoms. The van der Waals surface area contributed by atoms with E-state index in [-0.39, 0.29) is 11.6 Å². The molecule has 0 aliphatic heterocycles. The topological polar surface area (TPSA) is 50.4 Å². The van der Waals surface area contributed by atoms with Gasteiger partial charge >= 0.3 is 6.09 Å². The number of nitrogens with one attached hydrogen (secondary N) is 2. The third kappa shape index (κ3) is 12.4. The van der Waals surface area contributed by atoms with Crippen LogP contribution in [0.15, 0.2) is 0 Å². The third-order valence-corrected chi connectivity index (χ3v) is 3.06. The zero-order valence-corrected chi connectivity index (χ0v) is 14.1. The minimum atomic E-state index is -0.453. The van der Waals surface area contributed by atoms with E-state index >= 15 is 0 Å². The Balaban J connectivity index is 3.82. The normalized spacial score (nSPS) is 12.3. The molecule has 0 atom stereocenters. The molecule has 0 aliphatic rings. The van der Waals surface area contributed by atoms with Gasteiger partial charge in [0, 0.05) is 6.54 Å². The fourth-order valence-corrected chi connectivity index (χ4v) is 2.01. The molecule has 0 aromatic heterocycles. The first-order chi connectivity index (χ1) is 8.66. The first-order valence-electron chi connectivity index (χ1n) is 6.87. The number of hydrogen-bond acceptors (Lipinski definition) is 4. The molecular formula is C14H30N2O2S. The van der Waals surface area contributed by atoms with Gasteiger partial charge in [-0.3, -0.25) is 0 Å². The number of alkyl carbamates (subject to hydrolysis) is 1. The van der Waals surface area contributed by atoms with Gasteiger partial charge in [0.2, 0.25) is 0 Å². The number of hydrogen-bond donors (Lipinski definition) is 2. The predicted octanol–water partition coefficient (Wildman–Crippen LogP) is 3.02. The molecular weight excluding hydrogens is 260 g/mol. The second kappa shape index (κ2) is 8.69. The van der Waals surface area contributed by atoms with Crippen LogP contribution in [0.4, 0.5) is 4.79 Å². The molecule has 0 rings (SSSR count). The highest BCUT2D eigenvalue weighted by Gasteiger charge is 2.23. The number of carbonyl (C=O) groups excluding carboxylic acids is 1. The van der Waals surface area contributed by atoms with E-state index in [1.165, 1.54) is 18.6 Å². The van der Waals surface area contributed by atoms with Gasteiger partial charge in [-0.05, 0) is 66.0 Å². The van der Waals surface area contributed by atoms with E-state index in [2.05, 4.69) is 16.9 Å². The van der Waals surface area contributed by atoms with Crippen molar-refractivity contribution < 1.29 is 9.53 Å². The van der Waals surface area contributed by atoms with Crippen LogP contribution in [-0.4, -0.2) is 42.3 Å². The van der Waals surface area contributed by atoms with Gasteiger partial charge < -0.3 is 15.4 Å². The highest BCUT2D eigenvalue weighted by Crippen LogP contribution is 2.09. The molecule has 0 unspecified atom stereocenters. The van der Waals surface area contributed by atoms with Gasteiger partial charge in [-0.25, -0.2) is 4.79 Å². The van der Waals surface area contributed by atoms with E-state index in [0.29, 0.717) is 0 Å². The Morgan fingerprint density at radius 3 is 2.32 bits per heavy atom. The Morgan fingerprint density at radius 2 is 1.79 bits per heavy atom. The van der Waals surface area contributed by atoms with Crippen molar-refractivity contribution in [3.63, 3.8) is 0 Å². The fraction of sp³-hybridized carbons (Fsp3) is 0.929. The van der Waals surface area contributed by atoms with E-state index < -0.39 is 5.60 Å². The Kier molecular flexibility index (Phi) is 8.50. The molecule has 0 saturated heterocycles. The number of thioether (sulfide) groups is 1. The number of unbranched alkanes of at least 4 members (excludes halogenated alkanes) is 1. The van der Waals surface area contributed by atoms with E-state index in [0.717, 1.165) is 13.1 Å². The van der Waals surface area contributed by atoms with Crippen molar-refractivity contribution in [3.05, 3.63) is 0 Å². The number of carbonyl (C=O) groups is 1. The molecule has 0 aromatic rings. The van der Waals surface area contributed by atoms with Crippen LogP contribution in [0.25, 0.3) is 0 Å². The van der Waals surface area contributed by atoms with Crippen LogP contribution < -0.4 is 10.6 Å². The van der Waals surface area contributed by atoms with E-state index in [1.807, 2.05) is 46.4 Å². The summed E-state index contributed by atoms with van der Waals surface area (Å²) >= 11 is 1.88. The van der Waals surface area contributed by atoms with Crippen molar-refractivity contribution in [1.82, 2.24) is 10.6 Å². The molecule has 0 heterocycles. The molecule has 2 N–H and O–H groups in total. The summed E-state index contributed by atoms with van der Waals surface area (Å²) in [4.78, 5) is 11.7. The monoisotopic (exact) mass is 290 g/mol. The molecule has 0 fully saturated rings. The molecule has 0 aliphatic carbocycles. The number of amides is 1. The number of ether oxygens (including phenoxy) is 1. The van der Waals surface area contributed by atoms with Gasteiger partial charge in [0.15, 0.2) is 0 Å². The maximum atomic E-state index is 11.7. The summed E-state index contributed by atoms with van der Waals surface area (Å²) in [6, 6.07) is 0. The van der Waals surface area contributed by atoms with Gasteiger partial charge in [-0.2, -0.15) is 11.8 Å². The average Bonchev–Trinajstić information content (AvgIpc) is 2.19. The summed E-state index contributed by atoms with van der Waals surface area (Å²) in [6.07, 6.45) is 4.17. The molecule has 5 heteroatoms. The third-order valence-electron chi connectivity index (χ3n) is 2.36. The molecule has 0 aromatic carbocycles. The van der Waals surface area contributed by atoms with Gasteiger partial charge in [0.1, 0.15) is 5.60 Å². The summed E-state index contributed by atoms with van der Waals surface area (Å²) in [7, 11) is 0. The predicted molar refractivity (Wildman–Crippen MR) is 83.9 cm³/mol. The van der Waals surface area contributed by atoms with Gasteiger partial charge in [0.05, 0.1) is 5.54 Å². The quantitative estimate of drug-likeness (QED) is 0.675. The minimum absolute atomic E-state index is 0.304. The van der Waals surface area contributed by atoms with Crippen LogP contribution in [0, 0.1) is 0 Å². The molecule has 114 valence electrons. The van der Waals surface area contributed by atoms with Crippen LogP contribution in [0.2, 0.25) is 0 Å². The molecule has 4 nitrogen and oxygen atoms in total. The van der Waals surface area contributed by atoms with Crippen molar-refractivity contribution in [2.45, 2.75) is 58.6 Å². The van der Waals surface area contributed by atoms with E-state index in [9.17, 15) is 4.79 Å². The van der Waals surface area contributed by atoms with Gasteiger partial charge in [0.25, 0.3) is 0 Å². The van der Waals surface area contributed by atoms with Crippen molar-refractivity contribution in [1.29, 1.82) is 0 Å². The molecule has 1 amide bonds. The van der Waals surface area contributed by atoms with Crippen LogP contribution >= 0.6 is 11.8 Å². The smallest absolute Gasteiger partial charge is 0.408 e. The van der Waals surface area contributed by atoms with E-state index in [4.69, 9.17) is 4.74 Å². The fourth-order valence-electron chi connectivity index (χ4n) is 1.52.